The second kappa shape index (κ2) is 5.06. The van der Waals surface area contributed by atoms with E-state index in [9.17, 15) is 4.39 Å². The van der Waals surface area contributed by atoms with E-state index in [0.29, 0.717) is 4.47 Å². The van der Waals surface area contributed by atoms with Gasteiger partial charge in [0.1, 0.15) is 5.82 Å². The van der Waals surface area contributed by atoms with Crippen LogP contribution >= 0.6 is 15.9 Å². The summed E-state index contributed by atoms with van der Waals surface area (Å²) in [5, 5.41) is 0. The fourth-order valence-electron chi connectivity index (χ4n) is 2.68. The van der Waals surface area contributed by atoms with E-state index in [0.717, 1.165) is 24.0 Å². The molecule has 0 fully saturated rings. The molecule has 0 heterocycles. The fourth-order valence-corrected chi connectivity index (χ4v) is 2.93. The van der Waals surface area contributed by atoms with Crippen molar-refractivity contribution in [3.05, 3.63) is 68.9 Å². The maximum absolute atomic E-state index is 13.6. The first-order valence-corrected chi connectivity index (χ1v) is 7.26. The van der Waals surface area contributed by atoms with E-state index in [4.69, 9.17) is 5.73 Å². The summed E-state index contributed by atoms with van der Waals surface area (Å²) in [5.41, 5.74) is 10.9. The third kappa shape index (κ3) is 2.45. The molecule has 0 aromatic heterocycles. The molecule has 98 valence electrons. The van der Waals surface area contributed by atoms with Crippen LogP contribution in [-0.4, -0.2) is 0 Å². The largest absolute Gasteiger partial charge is 0.320 e. The van der Waals surface area contributed by atoms with Crippen molar-refractivity contribution in [1.82, 2.24) is 0 Å². The fraction of sp³-hybridized carbons (Fsp3) is 0.250. The van der Waals surface area contributed by atoms with Crippen molar-refractivity contribution in [2.24, 2.45) is 5.73 Å². The Morgan fingerprint density at radius 3 is 2.47 bits per heavy atom. The molecular formula is C16H15BrFN. The van der Waals surface area contributed by atoms with Crippen LogP contribution in [0.3, 0.4) is 0 Å². The van der Waals surface area contributed by atoms with Gasteiger partial charge in [0, 0.05) is 0 Å². The van der Waals surface area contributed by atoms with Crippen LogP contribution in [0, 0.1) is 5.82 Å². The number of nitrogens with two attached hydrogens (primary N) is 1. The first-order valence-electron chi connectivity index (χ1n) is 6.47. The lowest BCUT2D eigenvalue weighted by molar-refractivity contribution is 0.617. The number of hydrogen-bond donors (Lipinski definition) is 1. The van der Waals surface area contributed by atoms with Crippen LogP contribution in [0.25, 0.3) is 0 Å². The third-order valence-electron chi connectivity index (χ3n) is 3.78. The molecule has 2 N–H and O–H groups in total. The van der Waals surface area contributed by atoms with Crippen molar-refractivity contribution in [3.63, 3.8) is 0 Å². The molecule has 2 aromatic rings. The quantitative estimate of drug-likeness (QED) is 0.885. The van der Waals surface area contributed by atoms with E-state index in [-0.39, 0.29) is 11.9 Å². The van der Waals surface area contributed by atoms with Crippen LogP contribution in [0.15, 0.2) is 40.9 Å². The van der Waals surface area contributed by atoms with Crippen molar-refractivity contribution in [2.75, 3.05) is 0 Å². The molecule has 1 unspecified atom stereocenters. The zero-order chi connectivity index (χ0) is 13.4. The molecule has 3 heteroatoms. The Morgan fingerprint density at radius 1 is 1.00 bits per heavy atom. The first kappa shape index (κ1) is 12.8. The summed E-state index contributed by atoms with van der Waals surface area (Å²) in [4.78, 5) is 0. The molecule has 0 saturated carbocycles. The highest BCUT2D eigenvalue weighted by Crippen LogP contribution is 2.28. The van der Waals surface area contributed by atoms with E-state index in [1.807, 2.05) is 6.07 Å². The Balaban J connectivity index is 1.94. The third-order valence-corrected chi connectivity index (χ3v) is 4.43. The van der Waals surface area contributed by atoms with Gasteiger partial charge in [-0.25, -0.2) is 4.39 Å². The molecule has 1 aliphatic rings. The number of hydrogen-bond acceptors (Lipinski definition) is 1. The number of fused-ring (bicyclic) bond motifs is 1. The van der Waals surface area contributed by atoms with E-state index in [1.165, 1.54) is 23.6 Å². The second-order valence-corrected chi connectivity index (χ2v) is 5.89. The van der Waals surface area contributed by atoms with Crippen molar-refractivity contribution in [3.8, 4) is 0 Å². The van der Waals surface area contributed by atoms with Gasteiger partial charge in [-0.3, -0.25) is 0 Å². The maximum atomic E-state index is 13.6. The van der Waals surface area contributed by atoms with E-state index in [1.54, 1.807) is 6.07 Å². The highest BCUT2D eigenvalue weighted by molar-refractivity contribution is 9.10. The zero-order valence-corrected chi connectivity index (χ0v) is 12.1. The van der Waals surface area contributed by atoms with Crippen molar-refractivity contribution < 1.29 is 4.39 Å². The van der Waals surface area contributed by atoms with Crippen LogP contribution in [-0.2, 0) is 12.8 Å². The van der Waals surface area contributed by atoms with E-state index < -0.39 is 0 Å². The number of halogens is 2. The summed E-state index contributed by atoms with van der Waals surface area (Å²) in [5.74, 6) is -0.269. The lowest BCUT2D eigenvalue weighted by Crippen LogP contribution is -2.12. The number of aryl methyl sites for hydroxylation is 2. The Labute approximate surface area is 120 Å². The number of benzene rings is 2. The standard InChI is InChI=1S/C16H15BrFN/c17-14-7-6-13(9-15(14)18)16(19)12-5-4-10-2-1-3-11(10)8-12/h4-9,16H,1-3,19H2. The van der Waals surface area contributed by atoms with Gasteiger partial charge < -0.3 is 5.73 Å². The van der Waals surface area contributed by atoms with E-state index in [2.05, 4.69) is 34.1 Å². The first-order chi connectivity index (χ1) is 9.15. The Bertz CT molecular complexity index is 624. The summed E-state index contributed by atoms with van der Waals surface area (Å²) < 4.78 is 14.0. The molecule has 0 radical (unpaired) electrons. The SMILES string of the molecule is NC(c1ccc(Br)c(F)c1)c1ccc2c(c1)CCC2. The molecular weight excluding hydrogens is 305 g/mol. The summed E-state index contributed by atoms with van der Waals surface area (Å²) in [6.45, 7) is 0. The molecule has 19 heavy (non-hydrogen) atoms. The average Bonchev–Trinajstić information content (AvgIpc) is 2.88. The van der Waals surface area contributed by atoms with Crippen molar-refractivity contribution in [1.29, 1.82) is 0 Å². The van der Waals surface area contributed by atoms with Gasteiger partial charge in [0.25, 0.3) is 0 Å². The highest BCUT2D eigenvalue weighted by Gasteiger charge is 2.15. The Morgan fingerprint density at radius 2 is 1.68 bits per heavy atom. The summed E-state index contributed by atoms with van der Waals surface area (Å²) in [6, 6.07) is 11.2. The second-order valence-electron chi connectivity index (χ2n) is 5.03. The lowest BCUT2D eigenvalue weighted by atomic mass is 9.96. The van der Waals surface area contributed by atoms with Gasteiger partial charge in [-0.15, -0.1) is 0 Å². The maximum Gasteiger partial charge on any atom is 0.137 e. The molecule has 0 saturated heterocycles. The molecule has 0 aliphatic heterocycles. The monoisotopic (exact) mass is 319 g/mol. The molecule has 0 bridgehead atoms. The summed E-state index contributed by atoms with van der Waals surface area (Å²) in [7, 11) is 0. The van der Waals surface area contributed by atoms with Crippen LogP contribution < -0.4 is 5.73 Å². The zero-order valence-electron chi connectivity index (χ0n) is 10.5. The summed E-state index contributed by atoms with van der Waals surface area (Å²) in [6.07, 6.45) is 3.52. The molecule has 1 atom stereocenters. The van der Waals surface area contributed by atoms with Gasteiger partial charge in [-0.05, 0) is 69.6 Å². The van der Waals surface area contributed by atoms with Crippen LogP contribution in [0.1, 0.15) is 34.7 Å². The molecule has 0 spiro atoms. The van der Waals surface area contributed by atoms with Gasteiger partial charge in [0.05, 0.1) is 10.5 Å². The van der Waals surface area contributed by atoms with Crippen LogP contribution in [0.4, 0.5) is 4.39 Å². The lowest BCUT2D eigenvalue weighted by Gasteiger charge is -2.14. The van der Waals surface area contributed by atoms with Crippen LogP contribution in [0.2, 0.25) is 0 Å². The van der Waals surface area contributed by atoms with Crippen molar-refractivity contribution >= 4 is 15.9 Å². The van der Waals surface area contributed by atoms with Gasteiger partial charge >= 0.3 is 0 Å². The molecule has 0 amide bonds. The minimum Gasteiger partial charge on any atom is -0.320 e. The topological polar surface area (TPSA) is 26.0 Å². The van der Waals surface area contributed by atoms with Crippen LogP contribution in [0.5, 0.6) is 0 Å². The minimum atomic E-state index is -0.270. The van der Waals surface area contributed by atoms with Gasteiger partial charge in [-0.2, -0.15) is 0 Å². The van der Waals surface area contributed by atoms with E-state index >= 15 is 0 Å². The Hall–Kier alpha value is -1.19. The average molecular weight is 320 g/mol. The number of rotatable bonds is 2. The molecule has 1 nitrogen and oxygen atoms in total. The predicted octanol–water partition coefficient (Wildman–Crippen LogP) is 4.13. The highest BCUT2D eigenvalue weighted by atomic mass is 79.9. The normalized spacial score (nSPS) is 15.3. The smallest absolute Gasteiger partial charge is 0.137 e. The molecule has 3 rings (SSSR count). The summed E-state index contributed by atoms with van der Waals surface area (Å²) >= 11 is 3.16. The van der Waals surface area contributed by atoms with Crippen molar-refractivity contribution in [2.45, 2.75) is 25.3 Å². The van der Waals surface area contributed by atoms with Gasteiger partial charge in [-0.1, -0.05) is 24.3 Å². The van der Waals surface area contributed by atoms with Gasteiger partial charge in [0.15, 0.2) is 0 Å². The minimum absolute atomic E-state index is 0.269. The Kier molecular flexibility index (Phi) is 3.42. The molecule has 2 aromatic carbocycles. The van der Waals surface area contributed by atoms with Gasteiger partial charge in [0.2, 0.25) is 0 Å². The molecule has 1 aliphatic carbocycles. The predicted molar refractivity (Wildman–Crippen MR) is 78.6 cm³/mol.